The number of carbonyl (C=O) groups excluding carboxylic acids is 1. The van der Waals surface area contributed by atoms with Crippen LogP contribution in [0.3, 0.4) is 0 Å². The third kappa shape index (κ3) is 2.55. The molecule has 1 aromatic carbocycles. The Bertz CT molecular complexity index is 792. The third-order valence-corrected chi connectivity index (χ3v) is 7.48. The summed E-state index contributed by atoms with van der Waals surface area (Å²) >= 11 is 0. The Morgan fingerprint density at radius 2 is 1.44 bits per heavy atom. The van der Waals surface area contributed by atoms with Crippen LogP contribution in [0.25, 0.3) is 5.57 Å². The highest BCUT2D eigenvalue weighted by molar-refractivity contribution is 6.05. The van der Waals surface area contributed by atoms with Crippen molar-refractivity contribution in [1.29, 1.82) is 0 Å². The second kappa shape index (κ2) is 5.97. The molecule has 3 aliphatic carbocycles. The van der Waals surface area contributed by atoms with Gasteiger partial charge in [0.15, 0.2) is 5.78 Å². The summed E-state index contributed by atoms with van der Waals surface area (Å²) in [6.07, 6.45) is 10.7. The smallest absolute Gasteiger partial charge is 0.163 e. The number of carbonyl (C=O) groups is 1. The van der Waals surface area contributed by atoms with Crippen molar-refractivity contribution in [2.75, 3.05) is 0 Å². The maximum atomic E-state index is 13.0. The molecule has 2 fully saturated rings. The summed E-state index contributed by atoms with van der Waals surface area (Å²) in [6.45, 7) is 11.1. The summed E-state index contributed by atoms with van der Waals surface area (Å²) in [5, 5.41) is 0. The predicted molar refractivity (Wildman–Crippen MR) is 105 cm³/mol. The van der Waals surface area contributed by atoms with Crippen molar-refractivity contribution in [2.45, 2.75) is 66.7 Å². The van der Waals surface area contributed by atoms with Crippen LogP contribution in [0.5, 0.6) is 0 Å². The Morgan fingerprint density at radius 1 is 0.800 bits per heavy atom. The minimum atomic E-state index is 0.182. The normalized spacial score (nSPS) is 28.4. The molecule has 1 aromatic rings. The molecule has 1 nitrogen and oxygen atoms in total. The molecule has 0 aromatic heterocycles. The summed E-state index contributed by atoms with van der Waals surface area (Å²) in [6, 6.07) is 0. The van der Waals surface area contributed by atoms with Crippen molar-refractivity contribution in [1.82, 2.24) is 0 Å². The first-order chi connectivity index (χ1) is 11.9. The van der Waals surface area contributed by atoms with Crippen LogP contribution < -0.4 is 0 Å². The minimum Gasteiger partial charge on any atom is -0.294 e. The van der Waals surface area contributed by atoms with E-state index in [0.29, 0.717) is 11.7 Å². The van der Waals surface area contributed by atoms with Gasteiger partial charge >= 0.3 is 0 Å². The Balaban J connectivity index is 1.84. The van der Waals surface area contributed by atoms with E-state index in [2.05, 4.69) is 40.7 Å². The van der Waals surface area contributed by atoms with Gasteiger partial charge in [-0.3, -0.25) is 4.79 Å². The van der Waals surface area contributed by atoms with Crippen molar-refractivity contribution in [3.05, 3.63) is 51.1 Å². The van der Waals surface area contributed by atoms with Crippen LogP contribution in [0.1, 0.15) is 65.5 Å². The molecule has 0 saturated heterocycles. The first kappa shape index (κ1) is 16.8. The van der Waals surface area contributed by atoms with E-state index in [1.54, 1.807) is 0 Å². The van der Waals surface area contributed by atoms with E-state index < -0.39 is 0 Å². The van der Waals surface area contributed by atoms with Gasteiger partial charge in [-0.1, -0.05) is 24.5 Å². The summed E-state index contributed by atoms with van der Waals surface area (Å²) in [5.74, 6) is 1.98. The fourth-order valence-corrected chi connectivity index (χ4v) is 5.61. The van der Waals surface area contributed by atoms with Gasteiger partial charge < -0.3 is 0 Å². The first-order valence-electron chi connectivity index (χ1n) is 9.92. The van der Waals surface area contributed by atoms with E-state index in [1.807, 2.05) is 6.08 Å². The van der Waals surface area contributed by atoms with Gasteiger partial charge in [0.05, 0.1) is 0 Å². The standard InChI is InChI=1S/C24H30O/c1-13-14(2)16(4)24(17(5)15(13)3)20-11-21-19-8-6-7-18(9-19)10-22(21)23(25)12-20/h11-12,18-19,22H,6-10H2,1-5H3/t18?,19-,22+/m1/s1. The lowest BCUT2D eigenvalue weighted by Gasteiger charge is -2.42. The molecule has 2 saturated carbocycles. The quantitative estimate of drug-likeness (QED) is 0.620. The lowest BCUT2D eigenvalue weighted by atomic mass is 9.62. The van der Waals surface area contributed by atoms with Crippen molar-refractivity contribution < 1.29 is 4.79 Å². The van der Waals surface area contributed by atoms with Gasteiger partial charge in [0.2, 0.25) is 0 Å². The zero-order valence-corrected chi connectivity index (χ0v) is 16.3. The second-order valence-corrected chi connectivity index (χ2v) is 8.66. The van der Waals surface area contributed by atoms with E-state index in [4.69, 9.17) is 0 Å². The van der Waals surface area contributed by atoms with Gasteiger partial charge in [0.1, 0.15) is 0 Å². The van der Waals surface area contributed by atoms with Crippen molar-refractivity contribution in [2.24, 2.45) is 17.8 Å². The van der Waals surface area contributed by atoms with Crippen LogP contribution in [-0.4, -0.2) is 5.78 Å². The second-order valence-electron chi connectivity index (χ2n) is 8.66. The average molecular weight is 335 g/mol. The largest absolute Gasteiger partial charge is 0.294 e. The van der Waals surface area contributed by atoms with Crippen LogP contribution in [0.15, 0.2) is 17.7 Å². The van der Waals surface area contributed by atoms with Gasteiger partial charge in [0.25, 0.3) is 0 Å². The van der Waals surface area contributed by atoms with Gasteiger partial charge in [-0.2, -0.15) is 0 Å². The van der Waals surface area contributed by atoms with Gasteiger partial charge in [-0.15, -0.1) is 0 Å². The Morgan fingerprint density at radius 3 is 2.12 bits per heavy atom. The summed E-state index contributed by atoms with van der Waals surface area (Å²) in [4.78, 5) is 13.0. The van der Waals surface area contributed by atoms with E-state index >= 15 is 0 Å². The number of fused-ring (bicyclic) bond motifs is 4. The fraction of sp³-hybridized carbons (Fsp3) is 0.542. The zero-order valence-electron chi connectivity index (χ0n) is 16.3. The molecule has 2 bridgehead atoms. The molecule has 0 N–H and O–H groups in total. The highest BCUT2D eigenvalue weighted by Crippen LogP contribution is 2.49. The molecule has 1 unspecified atom stereocenters. The average Bonchev–Trinajstić information content (AvgIpc) is 2.60. The molecule has 3 aliphatic rings. The number of hydrogen-bond donors (Lipinski definition) is 0. The van der Waals surface area contributed by atoms with Crippen LogP contribution in [-0.2, 0) is 4.79 Å². The monoisotopic (exact) mass is 334 g/mol. The van der Waals surface area contributed by atoms with Crippen LogP contribution >= 0.6 is 0 Å². The Kier molecular flexibility index (Phi) is 4.02. The Labute approximate surface area is 152 Å². The predicted octanol–water partition coefficient (Wildman–Crippen LogP) is 5.95. The number of benzene rings is 1. The highest BCUT2D eigenvalue weighted by Gasteiger charge is 2.40. The topological polar surface area (TPSA) is 17.1 Å². The molecule has 1 heteroatoms. The van der Waals surface area contributed by atoms with E-state index in [0.717, 1.165) is 12.3 Å². The number of hydrogen-bond acceptors (Lipinski definition) is 1. The minimum absolute atomic E-state index is 0.182. The van der Waals surface area contributed by atoms with E-state index in [-0.39, 0.29) is 5.92 Å². The summed E-state index contributed by atoms with van der Waals surface area (Å²) < 4.78 is 0. The fourth-order valence-electron chi connectivity index (χ4n) is 5.61. The van der Waals surface area contributed by atoms with E-state index in [9.17, 15) is 4.79 Å². The highest BCUT2D eigenvalue weighted by atomic mass is 16.1. The van der Waals surface area contributed by atoms with Crippen LogP contribution in [0, 0.1) is 52.4 Å². The number of allylic oxidation sites excluding steroid dienone is 4. The molecule has 132 valence electrons. The molecule has 0 radical (unpaired) electrons. The van der Waals surface area contributed by atoms with Crippen LogP contribution in [0.4, 0.5) is 0 Å². The molecule has 0 amide bonds. The molecule has 3 atom stereocenters. The molecule has 4 rings (SSSR count). The summed E-state index contributed by atoms with van der Waals surface area (Å²) in [5.41, 5.74) is 10.7. The van der Waals surface area contributed by atoms with Gasteiger partial charge in [-0.05, 0) is 111 Å². The van der Waals surface area contributed by atoms with Crippen molar-refractivity contribution in [3.8, 4) is 0 Å². The molecular formula is C24H30O. The lowest BCUT2D eigenvalue weighted by molar-refractivity contribution is -0.118. The number of rotatable bonds is 1. The number of ketones is 1. The molecule has 25 heavy (non-hydrogen) atoms. The van der Waals surface area contributed by atoms with Gasteiger partial charge in [-0.25, -0.2) is 0 Å². The van der Waals surface area contributed by atoms with Crippen molar-refractivity contribution >= 4 is 11.4 Å². The maximum Gasteiger partial charge on any atom is 0.163 e. The van der Waals surface area contributed by atoms with E-state index in [1.165, 1.54) is 70.2 Å². The van der Waals surface area contributed by atoms with Gasteiger partial charge in [0, 0.05) is 5.92 Å². The van der Waals surface area contributed by atoms with Crippen molar-refractivity contribution in [3.63, 3.8) is 0 Å². The SMILES string of the molecule is Cc1c(C)c(C)c(C2=CC(=O)[C@H]3CC4CCC[C@H](C4)C3=C2)c(C)c1C. The molecule has 0 heterocycles. The van der Waals surface area contributed by atoms with Crippen LogP contribution in [0.2, 0.25) is 0 Å². The third-order valence-electron chi connectivity index (χ3n) is 7.48. The molecular weight excluding hydrogens is 304 g/mol. The first-order valence-corrected chi connectivity index (χ1v) is 9.92. The molecule has 0 spiro atoms. The summed E-state index contributed by atoms with van der Waals surface area (Å²) in [7, 11) is 0. The maximum absolute atomic E-state index is 13.0. The molecule has 0 aliphatic heterocycles. The lowest BCUT2D eigenvalue weighted by Crippen LogP contribution is -2.34. The zero-order chi connectivity index (χ0) is 17.9. The Hall–Kier alpha value is -1.63.